The molecule has 1 fully saturated rings. The highest BCUT2D eigenvalue weighted by Gasteiger charge is 2.23. The normalized spacial score (nSPS) is 14.8. The number of nitrogens with two attached hydrogens (primary N) is 1. The van der Waals surface area contributed by atoms with Crippen molar-refractivity contribution in [1.82, 2.24) is 4.90 Å². The number of nitrogens with zero attached hydrogens (tertiary/aromatic N) is 1. The molecule has 0 saturated carbocycles. The summed E-state index contributed by atoms with van der Waals surface area (Å²) in [6.07, 6.45) is 2.67. The number of piperidine rings is 1. The number of hydrogen-bond acceptors (Lipinski definition) is 4. The number of carbonyl (C=O) groups excluding carboxylic acids is 2. The summed E-state index contributed by atoms with van der Waals surface area (Å²) in [5, 5.41) is 5.22. The van der Waals surface area contributed by atoms with Crippen LogP contribution in [0.1, 0.15) is 31.2 Å². The number of rotatable bonds is 9. The average Bonchev–Trinajstić information content (AvgIpc) is 2.82. The van der Waals surface area contributed by atoms with Gasteiger partial charge in [-0.3, -0.25) is 14.5 Å². The number of likely N-dealkylation sites (tertiary alicyclic amines) is 1. The molecule has 1 aliphatic rings. The van der Waals surface area contributed by atoms with Crippen LogP contribution in [0.2, 0.25) is 0 Å². The van der Waals surface area contributed by atoms with Crippen LogP contribution in [-0.4, -0.2) is 36.4 Å². The summed E-state index contributed by atoms with van der Waals surface area (Å²) in [5.41, 5.74) is 7.37. The lowest BCUT2D eigenvalue weighted by atomic mass is 9.96. The van der Waals surface area contributed by atoms with Crippen molar-refractivity contribution in [1.29, 1.82) is 0 Å². The van der Waals surface area contributed by atoms with E-state index in [9.17, 15) is 9.59 Å². The van der Waals surface area contributed by atoms with Gasteiger partial charge in [0.2, 0.25) is 11.8 Å². The monoisotopic (exact) mass is 445 g/mol. The predicted molar refractivity (Wildman–Crippen MR) is 131 cm³/mol. The van der Waals surface area contributed by atoms with Gasteiger partial charge in [-0.05, 0) is 61.5 Å². The van der Waals surface area contributed by atoms with Crippen molar-refractivity contribution in [2.75, 3.05) is 25.0 Å². The number of fused-ring (bicyclic) bond motifs is 1. The summed E-state index contributed by atoms with van der Waals surface area (Å²) in [6.45, 7) is 3.01. The highest BCUT2D eigenvalue weighted by atomic mass is 16.5. The maximum atomic E-state index is 12.4. The van der Waals surface area contributed by atoms with Crippen LogP contribution in [0.5, 0.6) is 5.75 Å². The molecule has 172 valence electrons. The molecule has 0 unspecified atom stereocenters. The minimum absolute atomic E-state index is 0.00327. The van der Waals surface area contributed by atoms with Crippen molar-refractivity contribution in [3.63, 3.8) is 0 Å². The second-order valence-electron chi connectivity index (χ2n) is 8.63. The Morgan fingerprint density at radius 3 is 2.58 bits per heavy atom. The van der Waals surface area contributed by atoms with E-state index in [1.165, 1.54) is 0 Å². The number of ether oxygens (including phenoxy) is 1. The van der Waals surface area contributed by atoms with Crippen LogP contribution in [0, 0.1) is 5.92 Å². The van der Waals surface area contributed by atoms with E-state index in [0.717, 1.165) is 60.2 Å². The molecule has 6 nitrogen and oxygen atoms in total. The maximum Gasteiger partial charge on any atom is 0.224 e. The van der Waals surface area contributed by atoms with Gasteiger partial charge in [0.1, 0.15) is 5.75 Å². The van der Waals surface area contributed by atoms with Gasteiger partial charge in [-0.25, -0.2) is 0 Å². The molecule has 0 bridgehead atoms. The van der Waals surface area contributed by atoms with E-state index < -0.39 is 0 Å². The summed E-state index contributed by atoms with van der Waals surface area (Å²) >= 11 is 0. The molecule has 1 heterocycles. The molecule has 1 aliphatic heterocycles. The van der Waals surface area contributed by atoms with Gasteiger partial charge >= 0.3 is 0 Å². The standard InChI is InChI=1S/C27H31N3O3/c28-27(32)22-13-15-30(16-14-22)19-20-6-3-9-23(18-20)29-26(31)12-5-17-33-25-11-4-8-21-7-1-2-10-24(21)25/h1-4,6-11,18,22H,5,12-17,19H2,(H2,28,32)(H,29,31). The third-order valence-corrected chi connectivity index (χ3v) is 6.16. The quantitative estimate of drug-likeness (QED) is 0.480. The number of amides is 2. The fraction of sp³-hybridized carbons (Fsp3) is 0.333. The molecule has 2 amide bonds. The molecule has 33 heavy (non-hydrogen) atoms. The summed E-state index contributed by atoms with van der Waals surface area (Å²) < 4.78 is 5.93. The number of nitrogens with one attached hydrogen (secondary N) is 1. The second-order valence-corrected chi connectivity index (χ2v) is 8.63. The molecule has 1 saturated heterocycles. The molecule has 0 aliphatic carbocycles. The largest absolute Gasteiger partial charge is 0.493 e. The van der Waals surface area contributed by atoms with Gasteiger partial charge in [-0.2, -0.15) is 0 Å². The fourth-order valence-corrected chi connectivity index (χ4v) is 4.34. The Kier molecular flexibility index (Phi) is 7.58. The summed E-state index contributed by atoms with van der Waals surface area (Å²) in [4.78, 5) is 26.1. The third-order valence-electron chi connectivity index (χ3n) is 6.16. The second kappa shape index (κ2) is 11.0. The van der Waals surface area contributed by atoms with Crippen LogP contribution in [0.25, 0.3) is 10.8 Å². The van der Waals surface area contributed by atoms with Gasteiger partial charge in [-0.15, -0.1) is 0 Å². The smallest absolute Gasteiger partial charge is 0.224 e. The minimum Gasteiger partial charge on any atom is -0.493 e. The highest BCUT2D eigenvalue weighted by molar-refractivity contribution is 5.91. The zero-order valence-electron chi connectivity index (χ0n) is 18.8. The van der Waals surface area contributed by atoms with Crippen LogP contribution in [0.15, 0.2) is 66.7 Å². The predicted octanol–water partition coefficient (Wildman–Crippen LogP) is 4.33. The first kappa shape index (κ1) is 22.8. The van der Waals surface area contributed by atoms with E-state index in [1.54, 1.807) is 0 Å². The Hall–Kier alpha value is -3.38. The average molecular weight is 446 g/mol. The maximum absolute atomic E-state index is 12.4. The van der Waals surface area contributed by atoms with E-state index in [4.69, 9.17) is 10.5 Å². The van der Waals surface area contributed by atoms with E-state index in [2.05, 4.69) is 28.4 Å². The van der Waals surface area contributed by atoms with Crippen LogP contribution in [0.3, 0.4) is 0 Å². The molecule has 3 aromatic carbocycles. The van der Waals surface area contributed by atoms with E-state index in [-0.39, 0.29) is 17.7 Å². The number of carbonyl (C=O) groups is 2. The fourth-order valence-electron chi connectivity index (χ4n) is 4.34. The highest BCUT2D eigenvalue weighted by Crippen LogP contribution is 2.25. The lowest BCUT2D eigenvalue weighted by Gasteiger charge is -2.30. The third kappa shape index (κ3) is 6.33. The molecule has 0 aromatic heterocycles. The molecular formula is C27H31N3O3. The Morgan fingerprint density at radius 1 is 1.00 bits per heavy atom. The van der Waals surface area contributed by atoms with Gasteiger partial charge in [0.05, 0.1) is 6.61 Å². The zero-order chi connectivity index (χ0) is 23.0. The molecule has 0 atom stereocenters. The van der Waals surface area contributed by atoms with Crippen molar-refractivity contribution in [3.05, 3.63) is 72.3 Å². The SMILES string of the molecule is NC(=O)C1CCN(Cc2cccc(NC(=O)CCCOc3cccc4ccccc34)c2)CC1. The lowest BCUT2D eigenvalue weighted by molar-refractivity contribution is -0.123. The molecule has 0 spiro atoms. The van der Waals surface area contributed by atoms with Crippen molar-refractivity contribution < 1.29 is 14.3 Å². The zero-order valence-corrected chi connectivity index (χ0v) is 18.8. The summed E-state index contributed by atoms with van der Waals surface area (Å²) in [6, 6.07) is 22.1. The lowest BCUT2D eigenvalue weighted by Crippen LogP contribution is -2.38. The van der Waals surface area contributed by atoms with E-state index in [1.807, 2.05) is 48.5 Å². The van der Waals surface area contributed by atoms with Crippen molar-refractivity contribution >= 4 is 28.3 Å². The first-order valence-corrected chi connectivity index (χ1v) is 11.6. The number of anilines is 1. The minimum atomic E-state index is -0.193. The van der Waals surface area contributed by atoms with Gasteiger partial charge in [0.15, 0.2) is 0 Å². The van der Waals surface area contributed by atoms with E-state index in [0.29, 0.717) is 19.4 Å². The van der Waals surface area contributed by atoms with Gasteiger partial charge < -0.3 is 15.8 Å². The molecule has 3 aromatic rings. The number of primary amides is 1. The van der Waals surface area contributed by atoms with Gasteiger partial charge in [0, 0.05) is 30.0 Å². The molecule has 4 rings (SSSR count). The first-order valence-electron chi connectivity index (χ1n) is 11.6. The topological polar surface area (TPSA) is 84.7 Å². The Morgan fingerprint density at radius 2 is 1.76 bits per heavy atom. The summed E-state index contributed by atoms with van der Waals surface area (Å²) in [7, 11) is 0. The number of benzene rings is 3. The Balaban J connectivity index is 1.21. The molecular weight excluding hydrogens is 414 g/mol. The van der Waals surface area contributed by atoms with E-state index >= 15 is 0 Å². The van der Waals surface area contributed by atoms with Crippen LogP contribution < -0.4 is 15.8 Å². The van der Waals surface area contributed by atoms with Crippen molar-refractivity contribution in [3.8, 4) is 5.75 Å². The first-order chi connectivity index (χ1) is 16.1. The molecule has 6 heteroatoms. The van der Waals surface area contributed by atoms with Crippen LogP contribution in [0.4, 0.5) is 5.69 Å². The molecule has 3 N–H and O–H groups in total. The Labute approximate surface area is 194 Å². The van der Waals surface area contributed by atoms with Crippen molar-refractivity contribution in [2.45, 2.75) is 32.2 Å². The van der Waals surface area contributed by atoms with Gasteiger partial charge in [-0.1, -0.05) is 48.5 Å². The van der Waals surface area contributed by atoms with Gasteiger partial charge in [0.25, 0.3) is 0 Å². The molecule has 0 radical (unpaired) electrons. The van der Waals surface area contributed by atoms with Crippen LogP contribution in [-0.2, 0) is 16.1 Å². The van der Waals surface area contributed by atoms with Crippen molar-refractivity contribution in [2.24, 2.45) is 11.7 Å². The summed E-state index contributed by atoms with van der Waals surface area (Å²) in [5.74, 6) is 0.635. The number of hydrogen-bond donors (Lipinski definition) is 2. The van der Waals surface area contributed by atoms with Crippen LogP contribution >= 0.6 is 0 Å². The Bertz CT molecular complexity index is 1100.